The normalized spacial score (nSPS) is 17.5. The van der Waals surface area contributed by atoms with Crippen molar-refractivity contribution < 1.29 is 9.47 Å². The van der Waals surface area contributed by atoms with Crippen molar-refractivity contribution in [1.82, 2.24) is 5.32 Å². The Labute approximate surface area is 107 Å². The monoisotopic (exact) mass is 255 g/mol. The molecule has 96 valence electrons. The first-order valence-corrected chi connectivity index (χ1v) is 7.11. The number of ether oxygens (including phenoxy) is 2. The topological polar surface area (TPSA) is 30.5 Å². The average Bonchev–Trinajstić information content (AvgIpc) is 2.76. The molecule has 2 rings (SSSR count). The maximum Gasteiger partial charge on any atom is 0.0619 e. The maximum absolute atomic E-state index is 5.79. The van der Waals surface area contributed by atoms with Crippen LogP contribution in [0.4, 0.5) is 0 Å². The van der Waals surface area contributed by atoms with Crippen molar-refractivity contribution in [3.05, 3.63) is 21.9 Å². The lowest BCUT2D eigenvalue weighted by Gasteiger charge is -2.22. The molecule has 0 atom stereocenters. The van der Waals surface area contributed by atoms with Gasteiger partial charge in [-0.2, -0.15) is 0 Å². The van der Waals surface area contributed by atoms with Gasteiger partial charge < -0.3 is 14.8 Å². The third-order valence-electron chi connectivity index (χ3n) is 2.90. The number of hydrogen-bond acceptors (Lipinski definition) is 4. The summed E-state index contributed by atoms with van der Waals surface area (Å²) in [7, 11) is 0. The molecule has 1 aliphatic rings. The van der Waals surface area contributed by atoms with Gasteiger partial charge in [0.25, 0.3) is 0 Å². The molecule has 1 fully saturated rings. The van der Waals surface area contributed by atoms with Crippen LogP contribution in [0.5, 0.6) is 0 Å². The number of aryl methyl sites for hydroxylation is 1. The maximum atomic E-state index is 5.79. The van der Waals surface area contributed by atoms with E-state index in [0.29, 0.717) is 6.10 Å². The van der Waals surface area contributed by atoms with Gasteiger partial charge in [0.2, 0.25) is 0 Å². The first kappa shape index (κ1) is 13.0. The summed E-state index contributed by atoms with van der Waals surface area (Å²) in [6.07, 6.45) is 2.50. The Kier molecular flexibility index (Phi) is 5.45. The van der Waals surface area contributed by atoms with E-state index in [4.69, 9.17) is 9.47 Å². The smallest absolute Gasteiger partial charge is 0.0619 e. The Morgan fingerprint density at radius 2 is 2.24 bits per heavy atom. The molecule has 0 bridgehead atoms. The van der Waals surface area contributed by atoms with Gasteiger partial charge in [0.1, 0.15) is 0 Å². The van der Waals surface area contributed by atoms with Crippen LogP contribution in [0.15, 0.2) is 12.1 Å². The van der Waals surface area contributed by atoms with Crippen molar-refractivity contribution >= 4 is 11.3 Å². The average molecular weight is 255 g/mol. The van der Waals surface area contributed by atoms with Crippen LogP contribution in [-0.2, 0) is 16.0 Å². The van der Waals surface area contributed by atoms with Crippen molar-refractivity contribution in [3.63, 3.8) is 0 Å². The third kappa shape index (κ3) is 4.76. The summed E-state index contributed by atoms with van der Waals surface area (Å²) in [5.74, 6) is 0. The molecule has 0 spiro atoms. The third-order valence-corrected chi connectivity index (χ3v) is 3.90. The van der Waals surface area contributed by atoms with E-state index in [1.165, 1.54) is 9.75 Å². The summed E-state index contributed by atoms with van der Waals surface area (Å²) < 4.78 is 11.1. The largest absolute Gasteiger partial charge is 0.381 e. The minimum Gasteiger partial charge on any atom is -0.381 e. The Balaban J connectivity index is 1.51. The second-order valence-corrected chi connectivity index (χ2v) is 5.74. The van der Waals surface area contributed by atoms with Gasteiger partial charge in [-0.25, -0.2) is 0 Å². The van der Waals surface area contributed by atoms with E-state index in [1.54, 1.807) is 0 Å². The summed E-state index contributed by atoms with van der Waals surface area (Å²) in [5.41, 5.74) is 0. The Morgan fingerprint density at radius 3 is 2.94 bits per heavy atom. The highest BCUT2D eigenvalue weighted by Crippen LogP contribution is 2.14. The van der Waals surface area contributed by atoms with Crippen LogP contribution in [0.25, 0.3) is 0 Å². The molecule has 2 heterocycles. The second-order valence-electron chi connectivity index (χ2n) is 4.37. The Morgan fingerprint density at radius 1 is 1.41 bits per heavy atom. The van der Waals surface area contributed by atoms with Crippen molar-refractivity contribution in [1.29, 1.82) is 0 Å². The molecular formula is C13H21NO2S. The van der Waals surface area contributed by atoms with Crippen LogP contribution in [0, 0.1) is 6.92 Å². The Hall–Kier alpha value is -0.420. The van der Waals surface area contributed by atoms with E-state index in [0.717, 1.165) is 45.8 Å². The van der Waals surface area contributed by atoms with E-state index >= 15 is 0 Å². The summed E-state index contributed by atoms with van der Waals surface area (Å²) >= 11 is 1.85. The van der Waals surface area contributed by atoms with Gasteiger partial charge in [0, 0.05) is 36.1 Å². The predicted molar refractivity (Wildman–Crippen MR) is 70.6 cm³/mol. The minimum atomic E-state index is 0.412. The number of thiophene rings is 1. The molecule has 0 aliphatic carbocycles. The summed E-state index contributed by atoms with van der Waals surface area (Å²) in [5, 5.41) is 3.41. The lowest BCUT2D eigenvalue weighted by atomic mass is 10.2. The van der Waals surface area contributed by atoms with Gasteiger partial charge >= 0.3 is 0 Å². The standard InChI is InChI=1S/C13H21NO2S/c1-11-2-3-13(17-11)10-14-6-9-16-12-4-7-15-8-5-12/h2-3,12,14H,4-10H2,1H3. The fourth-order valence-corrected chi connectivity index (χ4v) is 2.79. The molecule has 1 aromatic heterocycles. The fourth-order valence-electron chi connectivity index (χ4n) is 1.93. The molecule has 1 N–H and O–H groups in total. The molecule has 0 unspecified atom stereocenters. The lowest BCUT2D eigenvalue weighted by molar-refractivity contribution is -0.0305. The first-order chi connectivity index (χ1) is 8.34. The lowest BCUT2D eigenvalue weighted by Crippen LogP contribution is -2.27. The van der Waals surface area contributed by atoms with Crippen LogP contribution >= 0.6 is 11.3 Å². The molecule has 0 saturated carbocycles. The molecule has 0 radical (unpaired) electrons. The van der Waals surface area contributed by atoms with Crippen molar-refractivity contribution in [3.8, 4) is 0 Å². The number of nitrogens with one attached hydrogen (secondary N) is 1. The highest BCUT2D eigenvalue weighted by Gasteiger charge is 2.13. The molecular weight excluding hydrogens is 234 g/mol. The summed E-state index contributed by atoms with van der Waals surface area (Å²) in [4.78, 5) is 2.77. The first-order valence-electron chi connectivity index (χ1n) is 6.30. The zero-order valence-electron chi connectivity index (χ0n) is 10.4. The SMILES string of the molecule is Cc1ccc(CNCCOC2CCOCC2)s1. The van der Waals surface area contributed by atoms with Gasteiger partial charge in [-0.05, 0) is 31.9 Å². The molecule has 1 saturated heterocycles. The van der Waals surface area contributed by atoms with E-state index in [9.17, 15) is 0 Å². The molecule has 0 amide bonds. The van der Waals surface area contributed by atoms with Gasteiger partial charge in [0.05, 0.1) is 12.7 Å². The van der Waals surface area contributed by atoms with Gasteiger partial charge in [-0.1, -0.05) is 0 Å². The Bertz CT molecular complexity index is 321. The van der Waals surface area contributed by atoms with Crippen LogP contribution < -0.4 is 5.32 Å². The molecule has 17 heavy (non-hydrogen) atoms. The highest BCUT2D eigenvalue weighted by atomic mass is 32.1. The van der Waals surface area contributed by atoms with Crippen molar-refractivity contribution in [2.45, 2.75) is 32.4 Å². The van der Waals surface area contributed by atoms with Crippen LogP contribution in [0.2, 0.25) is 0 Å². The minimum absolute atomic E-state index is 0.412. The van der Waals surface area contributed by atoms with Crippen LogP contribution in [-0.4, -0.2) is 32.5 Å². The zero-order valence-corrected chi connectivity index (χ0v) is 11.2. The second kappa shape index (κ2) is 7.11. The number of rotatable bonds is 6. The van der Waals surface area contributed by atoms with E-state index in [-0.39, 0.29) is 0 Å². The van der Waals surface area contributed by atoms with E-state index in [2.05, 4.69) is 24.4 Å². The fraction of sp³-hybridized carbons (Fsp3) is 0.692. The van der Waals surface area contributed by atoms with Crippen LogP contribution in [0.1, 0.15) is 22.6 Å². The molecule has 1 aliphatic heterocycles. The van der Waals surface area contributed by atoms with Crippen molar-refractivity contribution in [2.24, 2.45) is 0 Å². The molecule has 4 heteroatoms. The number of hydrogen-bond donors (Lipinski definition) is 1. The molecule has 0 aromatic carbocycles. The van der Waals surface area contributed by atoms with Gasteiger partial charge in [-0.15, -0.1) is 11.3 Å². The van der Waals surface area contributed by atoms with Gasteiger partial charge in [-0.3, -0.25) is 0 Å². The molecule has 1 aromatic rings. The highest BCUT2D eigenvalue weighted by molar-refractivity contribution is 7.11. The van der Waals surface area contributed by atoms with E-state index < -0.39 is 0 Å². The van der Waals surface area contributed by atoms with E-state index in [1.807, 2.05) is 11.3 Å². The van der Waals surface area contributed by atoms with Gasteiger partial charge in [0.15, 0.2) is 0 Å². The quantitative estimate of drug-likeness (QED) is 0.792. The van der Waals surface area contributed by atoms with Crippen molar-refractivity contribution in [2.75, 3.05) is 26.4 Å². The zero-order chi connectivity index (χ0) is 11.9. The summed E-state index contributed by atoms with van der Waals surface area (Å²) in [6.45, 7) is 6.53. The predicted octanol–water partition coefficient (Wildman–Crippen LogP) is 2.34. The summed E-state index contributed by atoms with van der Waals surface area (Å²) in [6, 6.07) is 4.35. The van der Waals surface area contributed by atoms with Crippen LogP contribution in [0.3, 0.4) is 0 Å². The molecule has 3 nitrogen and oxygen atoms in total.